The molecule has 2 aliphatic rings. The molecule has 132 valence electrons. The molecule has 2 saturated heterocycles. The molecule has 3 heteroatoms. The number of fused-ring (bicyclic) bond motifs is 2. The fourth-order valence-electron chi connectivity index (χ4n) is 4.74. The maximum Gasteiger partial charge on any atom is 0.123 e. The van der Waals surface area contributed by atoms with Gasteiger partial charge in [-0.2, -0.15) is 0 Å². The summed E-state index contributed by atoms with van der Waals surface area (Å²) in [5.41, 5.74) is 1.72. The van der Waals surface area contributed by atoms with Crippen molar-refractivity contribution in [2.45, 2.75) is 62.8 Å². The first-order valence-electron chi connectivity index (χ1n) is 9.38. The normalized spacial score (nSPS) is 29.0. The van der Waals surface area contributed by atoms with E-state index in [1.165, 1.54) is 24.5 Å². The quantitative estimate of drug-likeness (QED) is 0.877. The second-order valence-corrected chi connectivity index (χ2v) is 7.81. The minimum Gasteiger partial charge on any atom is -0.390 e. The Hall–Kier alpha value is -1.71. The Morgan fingerprint density at radius 2 is 1.64 bits per heavy atom. The van der Waals surface area contributed by atoms with Gasteiger partial charge in [-0.25, -0.2) is 4.39 Å². The molecule has 0 spiro atoms. The number of piperidine rings is 1. The van der Waals surface area contributed by atoms with Crippen molar-refractivity contribution in [3.8, 4) is 0 Å². The standard InChI is InChI=1S/C22H26FNO/c23-19-8-4-7-17(13-19)11-12-22(25)14-20-9-10-21(15-22)24(20)16-18-5-2-1-3-6-18/h1-8,13,20-21,25H,9-12,14-16H2. The number of hydrogen-bond donors (Lipinski definition) is 1. The molecule has 2 unspecified atom stereocenters. The fourth-order valence-corrected chi connectivity index (χ4v) is 4.74. The van der Waals surface area contributed by atoms with Crippen LogP contribution < -0.4 is 0 Å². The number of aliphatic hydroxyl groups is 1. The van der Waals surface area contributed by atoms with Crippen LogP contribution in [0.2, 0.25) is 0 Å². The van der Waals surface area contributed by atoms with Crippen LogP contribution in [0.15, 0.2) is 54.6 Å². The third kappa shape index (κ3) is 3.78. The van der Waals surface area contributed by atoms with Crippen LogP contribution in [-0.4, -0.2) is 27.7 Å². The van der Waals surface area contributed by atoms with Crippen molar-refractivity contribution < 1.29 is 9.50 Å². The molecular weight excluding hydrogens is 313 g/mol. The average Bonchev–Trinajstić information content (AvgIpc) is 2.86. The molecule has 2 bridgehead atoms. The number of rotatable bonds is 5. The molecule has 2 fully saturated rings. The Morgan fingerprint density at radius 1 is 0.960 bits per heavy atom. The van der Waals surface area contributed by atoms with Crippen molar-refractivity contribution in [1.82, 2.24) is 4.90 Å². The number of nitrogens with zero attached hydrogens (tertiary/aromatic N) is 1. The van der Waals surface area contributed by atoms with Gasteiger partial charge in [0.15, 0.2) is 0 Å². The third-order valence-corrected chi connectivity index (χ3v) is 5.98. The summed E-state index contributed by atoms with van der Waals surface area (Å²) in [7, 11) is 0. The van der Waals surface area contributed by atoms with Crippen molar-refractivity contribution in [3.05, 3.63) is 71.5 Å². The maximum atomic E-state index is 13.4. The van der Waals surface area contributed by atoms with E-state index < -0.39 is 5.60 Å². The molecule has 0 aromatic heterocycles. The van der Waals surface area contributed by atoms with E-state index in [-0.39, 0.29) is 5.82 Å². The van der Waals surface area contributed by atoms with E-state index in [1.807, 2.05) is 6.07 Å². The topological polar surface area (TPSA) is 23.5 Å². The minimum atomic E-state index is -0.606. The van der Waals surface area contributed by atoms with Crippen LogP contribution in [0, 0.1) is 5.82 Å². The minimum absolute atomic E-state index is 0.192. The zero-order valence-corrected chi connectivity index (χ0v) is 14.6. The number of hydrogen-bond acceptors (Lipinski definition) is 2. The third-order valence-electron chi connectivity index (χ3n) is 5.98. The number of halogens is 1. The van der Waals surface area contributed by atoms with Crippen molar-refractivity contribution >= 4 is 0 Å². The predicted octanol–water partition coefficient (Wildman–Crippen LogP) is 4.32. The summed E-state index contributed by atoms with van der Waals surface area (Å²) in [6.07, 6.45) is 5.51. The van der Waals surface area contributed by atoms with Gasteiger partial charge in [-0.1, -0.05) is 42.5 Å². The Kier molecular flexibility index (Phi) is 4.61. The van der Waals surface area contributed by atoms with Crippen LogP contribution in [0.5, 0.6) is 0 Å². The molecule has 25 heavy (non-hydrogen) atoms. The summed E-state index contributed by atoms with van der Waals surface area (Å²) in [5, 5.41) is 11.1. The lowest BCUT2D eigenvalue weighted by molar-refractivity contribution is -0.0595. The van der Waals surface area contributed by atoms with Gasteiger partial charge in [-0.15, -0.1) is 0 Å². The van der Waals surface area contributed by atoms with Crippen LogP contribution in [0.4, 0.5) is 4.39 Å². The van der Waals surface area contributed by atoms with Gasteiger partial charge in [0.25, 0.3) is 0 Å². The zero-order valence-electron chi connectivity index (χ0n) is 14.6. The lowest BCUT2D eigenvalue weighted by Gasteiger charge is -2.44. The van der Waals surface area contributed by atoms with Gasteiger partial charge in [-0.3, -0.25) is 4.90 Å². The molecule has 2 atom stereocenters. The van der Waals surface area contributed by atoms with Gasteiger partial charge in [0.05, 0.1) is 5.60 Å². The lowest BCUT2D eigenvalue weighted by Crippen LogP contribution is -2.50. The van der Waals surface area contributed by atoms with Crippen molar-refractivity contribution in [1.29, 1.82) is 0 Å². The SMILES string of the molecule is OC1(CCc2cccc(F)c2)CC2CCC(C1)N2Cc1ccccc1. The number of benzene rings is 2. The molecule has 2 aromatic rings. The van der Waals surface area contributed by atoms with Gasteiger partial charge in [0.2, 0.25) is 0 Å². The molecule has 2 heterocycles. The van der Waals surface area contributed by atoms with Crippen LogP contribution in [-0.2, 0) is 13.0 Å². The summed E-state index contributed by atoms with van der Waals surface area (Å²) in [4.78, 5) is 2.59. The average molecular weight is 339 g/mol. The Balaban J connectivity index is 1.40. The summed E-state index contributed by atoms with van der Waals surface area (Å²) in [6, 6.07) is 18.3. The monoisotopic (exact) mass is 339 g/mol. The van der Waals surface area contributed by atoms with E-state index in [9.17, 15) is 9.50 Å². The van der Waals surface area contributed by atoms with E-state index in [2.05, 4.69) is 35.2 Å². The van der Waals surface area contributed by atoms with Crippen LogP contribution >= 0.6 is 0 Å². The molecule has 0 aliphatic carbocycles. The Morgan fingerprint density at radius 3 is 2.32 bits per heavy atom. The molecule has 2 nitrogen and oxygen atoms in total. The molecule has 4 rings (SSSR count). The Bertz CT molecular complexity index is 703. The largest absolute Gasteiger partial charge is 0.390 e. The van der Waals surface area contributed by atoms with Gasteiger partial charge in [0, 0.05) is 18.6 Å². The van der Waals surface area contributed by atoms with Gasteiger partial charge >= 0.3 is 0 Å². The summed E-state index contributed by atoms with van der Waals surface area (Å²) in [5.74, 6) is -0.192. The lowest BCUT2D eigenvalue weighted by atomic mass is 9.81. The molecule has 2 aliphatic heterocycles. The molecule has 0 saturated carbocycles. The van der Waals surface area contributed by atoms with E-state index in [0.29, 0.717) is 12.1 Å². The molecular formula is C22H26FNO. The van der Waals surface area contributed by atoms with E-state index in [1.54, 1.807) is 12.1 Å². The van der Waals surface area contributed by atoms with Crippen molar-refractivity contribution in [3.63, 3.8) is 0 Å². The van der Waals surface area contributed by atoms with Crippen LogP contribution in [0.1, 0.15) is 43.2 Å². The molecule has 2 aromatic carbocycles. The van der Waals surface area contributed by atoms with E-state index in [0.717, 1.165) is 37.8 Å². The second kappa shape index (κ2) is 6.89. The van der Waals surface area contributed by atoms with E-state index >= 15 is 0 Å². The number of aryl methyl sites for hydroxylation is 1. The van der Waals surface area contributed by atoms with E-state index in [4.69, 9.17) is 0 Å². The summed E-state index contributed by atoms with van der Waals surface area (Å²) < 4.78 is 13.4. The highest BCUT2D eigenvalue weighted by Crippen LogP contribution is 2.43. The van der Waals surface area contributed by atoms with Crippen molar-refractivity contribution in [2.24, 2.45) is 0 Å². The fraction of sp³-hybridized carbons (Fsp3) is 0.455. The highest BCUT2D eigenvalue weighted by Gasteiger charge is 2.46. The first-order chi connectivity index (χ1) is 12.1. The van der Waals surface area contributed by atoms with Gasteiger partial charge in [-0.05, 0) is 61.8 Å². The summed E-state index contributed by atoms with van der Waals surface area (Å²) >= 11 is 0. The Labute approximate surface area is 149 Å². The zero-order chi connectivity index (χ0) is 17.3. The maximum absolute atomic E-state index is 13.4. The molecule has 1 N–H and O–H groups in total. The highest BCUT2D eigenvalue weighted by molar-refractivity contribution is 5.18. The highest BCUT2D eigenvalue weighted by atomic mass is 19.1. The molecule has 0 radical (unpaired) electrons. The van der Waals surface area contributed by atoms with Crippen LogP contribution in [0.3, 0.4) is 0 Å². The summed E-state index contributed by atoms with van der Waals surface area (Å²) in [6.45, 7) is 0.982. The first kappa shape index (κ1) is 16.7. The smallest absolute Gasteiger partial charge is 0.123 e. The predicted molar refractivity (Wildman–Crippen MR) is 97.7 cm³/mol. The second-order valence-electron chi connectivity index (χ2n) is 7.81. The van der Waals surface area contributed by atoms with Gasteiger partial charge in [0.1, 0.15) is 5.82 Å². The van der Waals surface area contributed by atoms with Crippen molar-refractivity contribution in [2.75, 3.05) is 0 Å². The van der Waals surface area contributed by atoms with Gasteiger partial charge < -0.3 is 5.11 Å². The van der Waals surface area contributed by atoms with Crippen LogP contribution in [0.25, 0.3) is 0 Å². The first-order valence-corrected chi connectivity index (χ1v) is 9.38. The molecule has 0 amide bonds.